The maximum atomic E-state index is 12.6. The molecule has 1 aromatic carbocycles. The molecule has 0 saturated heterocycles. The molecule has 0 spiro atoms. The number of ketones is 1. The number of para-hydroxylation sites is 1. The number of nitrogens with one attached hydrogen (secondary N) is 1. The first-order valence-corrected chi connectivity index (χ1v) is 8.19. The number of aryl methyl sites for hydroxylation is 2. The number of imidazole rings is 1. The lowest BCUT2D eigenvalue weighted by Gasteiger charge is -2.05. The van der Waals surface area contributed by atoms with Crippen LogP contribution in [-0.2, 0) is 13.5 Å². The highest BCUT2D eigenvalue weighted by Gasteiger charge is 2.23. The molecular weight excluding hydrogens is 312 g/mol. The van der Waals surface area contributed by atoms with Gasteiger partial charge in [-0.1, -0.05) is 17.4 Å². The van der Waals surface area contributed by atoms with Crippen LogP contribution in [0.5, 0.6) is 0 Å². The van der Waals surface area contributed by atoms with E-state index < -0.39 is 0 Å². The fraction of sp³-hybridized carbons (Fsp3) is 0.250. The van der Waals surface area contributed by atoms with Crippen molar-refractivity contribution >= 4 is 39.2 Å². The number of benzene rings is 1. The molecule has 1 aliphatic carbocycles. The van der Waals surface area contributed by atoms with Crippen LogP contribution in [0.4, 0.5) is 5.13 Å². The van der Waals surface area contributed by atoms with Crippen molar-refractivity contribution in [1.29, 1.82) is 0 Å². The molecule has 2 aromatic heterocycles. The van der Waals surface area contributed by atoms with Crippen molar-refractivity contribution in [2.45, 2.75) is 19.3 Å². The Morgan fingerprint density at radius 3 is 3.04 bits per heavy atom. The highest BCUT2D eigenvalue weighted by molar-refractivity contribution is 7.17. The Labute approximate surface area is 136 Å². The van der Waals surface area contributed by atoms with Gasteiger partial charge in [-0.2, -0.15) is 0 Å². The van der Waals surface area contributed by atoms with E-state index in [9.17, 15) is 9.59 Å². The third kappa shape index (κ3) is 2.33. The molecule has 116 valence electrons. The van der Waals surface area contributed by atoms with Gasteiger partial charge in [-0.3, -0.25) is 14.9 Å². The predicted molar refractivity (Wildman–Crippen MR) is 88.0 cm³/mol. The second kappa shape index (κ2) is 5.27. The molecule has 23 heavy (non-hydrogen) atoms. The molecule has 2 heterocycles. The van der Waals surface area contributed by atoms with Gasteiger partial charge in [0.25, 0.3) is 5.91 Å². The average Bonchev–Trinajstić information content (AvgIpc) is 3.12. The van der Waals surface area contributed by atoms with Crippen molar-refractivity contribution in [1.82, 2.24) is 14.5 Å². The molecule has 4 rings (SSSR count). The number of nitrogens with zero attached hydrogens (tertiary/aromatic N) is 3. The summed E-state index contributed by atoms with van der Waals surface area (Å²) < 4.78 is 1.87. The first kappa shape index (κ1) is 14.1. The summed E-state index contributed by atoms with van der Waals surface area (Å²) in [6.07, 6.45) is 3.87. The number of amides is 1. The number of anilines is 1. The van der Waals surface area contributed by atoms with Crippen molar-refractivity contribution in [3.8, 4) is 0 Å². The second-order valence-electron chi connectivity index (χ2n) is 5.55. The SMILES string of the molecule is Cn1cnc2c(C(=O)Nc3nc4c(s3)C(=O)CCC4)cccc21. The minimum Gasteiger partial charge on any atom is -0.334 e. The molecular formula is C16H14N4O2S. The summed E-state index contributed by atoms with van der Waals surface area (Å²) in [6.45, 7) is 0. The van der Waals surface area contributed by atoms with Gasteiger partial charge in [0.2, 0.25) is 0 Å². The number of carbonyl (C=O) groups is 2. The summed E-state index contributed by atoms with van der Waals surface area (Å²) in [5.74, 6) is -0.135. The summed E-state index contributed by atoms with van der Waals surface area (Å²) in [5, 5.41) is 3.28. The number of fused-ring (bicyclic) bond motifs is 2. The maximum Gasteiger partial charge on any atom is 0.259 e. The zero-order valence-electron chi connectivity index (χ0n) is 12.5. The van der Waals surface area contributed by atoms with Crippen molar-refractivity contribution in [3.63, 3.8) is 0 Å². The molecule has 1 amide bonds. The molecule has 0 unspecified atom stereocenters. The lowest BCUT2D eigenvalue weighted by Crippen LogP contribution is -2.12. The van der Waals surface area contributed by atoms with Crippen LogP contribution in [-0.4, -0.2) is 26.2 Å². The third-order valence-electron chi connectivity index (χ3n) is 3.99. The van der Waals surface area contributed by atoms with Crippen LogP contribution in [0.25, 0.3) is 11.0 Å². The number of rotatable bonds is 2. The summed E-state index contributed by atoms with van der Waals surface area (Å²) in [4.78, 5) is 33.8. The number of thiazole rings is 1. The molecule has 7 heteroatoms. The first-order chi connectivity index (χ1) is 11.1. The first-order valence-electron chi connectivity index (χ1n) is 7.38. The van der Waals surface area contributed by atoms with Crippen LogP contribution in [0.15, 0.2) is 24.5 Å². The van der Waals surface area contributed by atoms with Gasteiger partial charge in [0.1, 0.15) is 5.52 Å². The van der Waals surface area contributed by atoms with E-state index in [0.29, 0.717) is 27.5 Å². The van der Waals surface area contributed by atoms with Gasteiger partial charge in [0.15, 0.2) is 10.9 Å². The van der Waals surface area contributed by atoms with E-state index in [0.717, 1.165) is 24.1 Å². The fourth-order valence-corrected chi connectivity index (χ4v) is 3.80. The van der Waals surface area contributed by atoms with E-state index in [4.69, 9.17) is 0 Å². The van der Waals surface area contributed by atoms with Crippen LogP contribution >= 0.6 is 11.3 Å². The second-order valence-corrected chi connectivity index (χ2v) is 6.55. The fourth-order valence-electron chi connectivity index (χ4n) is 2.83. The molecule has 0 aliphatic heterocycles. The van der Waals surface area contributed by atoms with E-state index in [-0.39, 0.29) is 11.7 Å². The Bertz CT molecular complexity index is 941. The minimum absolute atomic E-state index is 0.121. The van der Waals surface area contributed by atoms with Gasteiger partial charge in [0, 0.05) is 13.5 Å². The number of hydrogen-bond acceptors (Lipinski definition) is 5. The zero-order valence-corrected chi connectivity index (χ0v) is 13.3. The smallest absolute Gasteiger partial charge is 0.259 e. The molecule has 0 radical (unpaired) electrons. The third-order valence-corrected chi connectivity index (χ3v) is 5.04. The lowest BCUT2D eigenvalue weighted by molar-refractivity contribution is 0.0975. The van der Waals surface area contributed by atoms with Crippen molar-refractivity contribution in [3.05, 3.63) is 40.7 Å². The summed E-state index contributed by atoms with van der Waals surface area (Å²) >= 11 is 1.26. The predicted octanol–water partition coefficient (Wildman–Crippen LogP) is 2.80. The largest absolute Gasteiger partial charge is 0.334 e. The molecule has 0 fully saturated rings. The Kier molecular flexibility index (Phi) is 3.23. The number of hydrogen-bond donors (Lipinski definition) is 1. The Morgan fingerprint density at radius 2 is 2.22 bits per heavy atom. The van der Waals surface area contributed by atoms with Crippen LogP contribution in [0.1, 0.15) is 38.6 Å². The van der Waals surface area contributed by atoms with Gasteiger partial charge in [-0.25, -0.2) is 9.97 Å². The van der Waals surface area contributed by atoms with Gasteiger partial charge >= 0.3 is 0 Å². The van der Waals surface area contributed by atoms with E-state index in [1.165, 1.54) is 11.3 Å². The lowest BCUT2D eigenvalue weighted by atomic mass is 10.0. The standard InChI is InChI=1S/C16H14N4O2S/c1-20-8-17-13-9(4-2-6-11(13)20)15(22)19-16-18-10-5-3-7-12(21)14(10)23-16/h2,4,6,8H,3,5,7H2,1H3,(H,18,19,22). The molecule has 0 atom stereocenters. The number of carbonyl (C=O) groups excluding carboxylic acids is 2. The van der Waals surface area contributed by atoms with Crippen LogP contribution in [0, 0.1) is 0 Å². The van der Waals surface area contributed by atoms with Crippen LogP contribution in [0.2, 0.25) is 0 Å². The van der Waals surface area contributed by atoms with Crippen LogP contribution < -0.4 is 5.32 Å². The summed E-state index contributed by atoms with van der Waals surface area (Å²) in [6, 6.07) is 5.48. The maximum absolute atomic E-state index is 12.6. The number of aromatic nitrogens is 3. The monoisotopic (exact) mass is 326 g/mol. The Hall–Kier alpha value is -2.54. The topological polar surface area (TPSA) is 76.9 Å². The molecule has 0 bridgehead atoms. The van der Waals surface area contributed by atoms with E-state index in [1.54, 1.807) is 12.4 Å². The van der Waals surface area contributed by atoms with Gasteiger partial charge in [0.05, 0.1) is 28.0 Å². The normalized spacial score (nSPS) is 14.0. The van der Waals surface area contributed by atoms with Gasteiger partial charge in [-0.15, -0.1) is 0 Å². The van der Waals surface area contributed by atoms with Crippen molar-refractivity contribution in [2.75, 3.05) is 5.32 Å². The molecule has 3 aromatic rings. The summed E-state index contributed by atoms with van der Waals surface area (Å²) in [5.41, 5.74) is 2.86. The highest BCUT2D eigenvalue weighted by Crippen LogP contribution is 2.30. The molecule has 0 saturated carbocycles. The Morgan fingerprint density at radius 1 is 1.35 bits per heavy atom. The molecule has 1 aliphatic rings. The minimum atomic E-state index is -0.257. The number of Topliss-reactive ketones (excluding diaryl/α,β-unsaturated/α-hetero) is 1. The quantitative estimate of drug-likeness (QED) is 0.785. The van der Waals surface area contributed by atoms with E-state index in [2.05, 4.69) is 15.3 Å². The summed E-state index contributed by atoms with van der Waals surface area (Å²) in [7, 11) is 1.89. The molecule has 6 nitrogen and oxygen atoms in total. The molecule has 1 N–H and O–H groups in total. The highest BCUT2D eigenvalue weighted by atomic mass is 32.1. The van der Waals surface area contributed by atoms with Crippen LogP contribution in [0.3, 0.4) is 0 Å². The van der Waals surface area contributed by atoms with E-state index in [1.807, 2.05) is 23.7 Å². The average molecular weight is 326 g/mol. The van der Waals surface area contributed by atoms with Crippen molar-refractivity contribution < 1.29 is 9.59 Å². The zero-order chi connectivity index (χ0) is 16.0. The Balaban J connectivity index is 1.66. The van der Waals surface area contributed by atoms with Crippen molar-refractivity contribution in [2.24, 2.45) is 7.05 Å². The van der Waals surface area contributed by atoms with Gasteiger partial charge in [-0.05, 0) is 25.0 Å². The van der Waals surface area contributed by atoms with Gasteiger partial charge < -0.3 is 4.57 Å². The van der Waals surface area contributed by atoms with E-state index >= 15 is 0 Å².